The maximum atomic E-state index is 10.9. The molecule has 2 rings (SSSR count). The fraction of sp³-hybridized carbons (Fsp3) is 0.412. The lowest BCUT2D eigenvalue weighted by Gasteiger charge is -2.23. The summed E-state index contributed by atoms with van der Waals surface area (Å²) in [5.74, 6) is -1.56. The minimum absolute atomic E-state index is 0.213. The number of aliphatic hydroxyl groups is 1. The Balaban J connectivity index is 2.22. The lowest BCUT2D eigenvalue weighted by atomic mass is 9.95. The lowest BCUT2D eigenvalue weighted by molar-refractivity contribution is -0.129. The van der Waals surface area contributed by atoms with Crippen molar-refractivity contribution in [2.24, 2.45) is 9.98 Å². The van der Waals surface area contributed by atoms with Crippen LogP contribution < -0.4 is 5.32 Å². The summed E-state index contributed by atoms with van der Waals surface area (Å²) in [4.78, 5) is 19.1. The molecule has 1 aromatic rings. The number of halogens is 1. The highest BCUT2D eigenvalue weighted by atomic mass is 35.5. The van der Waals surface area contributed by atoms with Gasteiger partial charge in [0.05, 0.1) is 6.61 Å². The van der Waals surface area contributed by atoms with E-state index in [-0.39, 0.29) is 11.8 Å². The quantitative estimate of drug-likeness (QED) is 0.583. The Morgan fingerprint density at radius 1 is 1.26 bits per heavy atom. The largest absolute Gasteiger partial charge is 0.476 e. The van der Waals surface area contributed by atoms with E-state index in [1.165, 1.54) is 0 Å². The number of aliphatic carboxylic acids is 1. The average molecular weight is 414 g/mol. The molecule has 1 unspecified atom stereocenters. The van der Waals surface area contributed by atoms with Crippen molar-refractivity contribution in [3.63, 3.8) is 0 Å². The summed E-state index contributed by atoms with van der Waals surface area (Å²) in [6.07, 6.45) is 2.98. The summed E-state index contributed by atoms with van der Waals surface area (Å²) in [7, 11) is -2.88. The second-order valence-electron chi connectivity index (χ2n) is 6.07. The molecule has 0 bridgehead atoms. The first kappa shape index (κ1) is 21.1. The number of benzene rings is 1. The van der Waals surface area contributed by atoms with Gasteiger partial charge >= 0.3 is 5.97 Å². The van der Waals surface area contributed by atoms with Gasteiger partial charge < -0.3 is 15.5 Å². The van der Waals surface area contributed by atoms with Crippen LogP contribution in [0.2, 0.25) is 0 Å². The molecule has 0 fully saturated rings. The SMILES string of the molecule is CCCCC1(Cc2ccc(NC(C(=O)O)=S(=O)=O)cc2)N=C(Cl)C(CO)=N1. The standard InChI is InChI=1S/C17H20ClN3O5S/c1-2-3-8-17(20-13(10-22)14(18)21-17)9-11-4-6-12(7-5-11)19-15(16(23)24)27(25)26/h4-7,19,22H,2-3,8-10H2,1H3,(H,23,24). The predicted octanol–water partition coefficient (Wildman–Crippen LogP) is 1.71. The molecule has 1 aliphatic heterocycles. The van der Waals surface area contributed by atoms with Crippen LogP contribution in [0.1, 0.15) is 31.7 Å². The van der Waals surface area contributed by atoms with Crippen LogP contribution in [-0.4, -0.2) is 52.7 Å². The summed E-state index contributed by atoms with van der Waals surface area (Å²) in [5.41, 5.74) is 0.794. The highest BCUT2D eigenvalue weighted by Crippen LogP contribution is 2.31. The summed E-state index contributed by atoms with van der Waals surface area (Å²) >= 11 is 6.08. The number of carbonyl (C=O) groups is 1. The van der Waals surface area contributed by atoms with Crippen LogP contribution >= 0.6 is 11.6 Å². The first-order chi connectivity index (χ1) is 12.8. The van der Waals surface area contributed by atoms with Gasteiger partial charge in [-0.25, -0.2) is 9.79 Å². The van der Waals surface area contributed by atoms with Gasteiger partial charge in [-0.15, -0.1) is 0 Å². The molecule has 0 spiro atoms. The number of nitrogens with one attached hydrogen (secondary N) is 1. The molecule has 146 valence electrons. The van der Waals surface area contributed by atoms with Crippen LogP contribution in [0.4, 0.5) is 5.69 Å². The second-order valence-corrected chi connectivity index (χ2v) is 7.31. The number of carboxylic acids is 1. The van der Waals surface area contributed by atoms with Crippen molar-refractivity contribution in [1.82, 2.24) is 0 Å². The summed E-state index contributed by atoms with van der Waals surface area (Å²) in [5, 5.41) is 20.8. The first-order valence-electron chi connectivity index (χ1n) is 8.31. The molecule has 10 heteroatoms. The molecule has 1 heterocycles. The molecule has 0 aromatic heterocycles. The molecule has 0 saturated carbocycles. The van der Waals surface area contributed by atoms with Crippen LogP contribution in [0.5, 0.6) is 0 Å². The van der Waals surface area contributed by atoms with Crippen molar-refractivity contribution in [2.75, 3.05) is 11.9 Å². The maximum Gasteiger partial charge on any atom is 0.368 e. The molecule has 0 amide bonds. The number of unbranched alkanes of at least 4 members (excludes halogenated alkanes) is 1. The number of anilines is 1. The third-order valence-electron chi connectivity index (χ3n) is 4.03. The predicted molar refractivity (Wildman–Crippen MR) is 105 cm³/mol. The second kappa shape index (κ2) is 9.12. The Bertz CT molecular complexity index is 901. The van der Waals surface area contributed by atoms with E-state index in [4.69, 9.17) is 16.7 Å². The van der Waals surface area contributed by atoms with E-state index in [1.54, 1.807) is 24.3 Å². The summed E-state index contributed by atoms with van der Waals surface area (Å²) in [6, 6.07) is 6.63. The highest BCUT2D eigenvalue weighted by molar-refractivity contribution is 7.75. The average Bonchev–Trinajstić information content (AvgIpc) is 2.94. The zero-order chi connectivity index (χ0) is 20.0. The van der Waals surface area contributed by atoms with E-state index in [9.17, 15) is 18.3 Å². The number of aliphatic hydroxyl groups excluding tert-OH is 1. The van der Waals surface area contributed by atoms with Gasteiger partial charge in [-0.2, -0.15) is 8.42 Å². The number of hydrogen-bond acceptors (Lipinski definition) is 6. The van der Waals surface area contributed by atoms with Gasteiger partial charge in [0.2, 0.25) is 15.3 Å². The molecule has 1 aliphatic rings. The molecule has 1 atom stereocenters. The number of hydrogen-bond donors (Lipinski definition) is 3. The zero-order valence-corrected chi connectivity index (χ0v) is 16.2. The molecule has 27 heavy (non-hydrogen) atoms. The smallest absolute Gasteiger partial charge is 0.368 e. The minimum atomic E-state index is -2.88. The Hall–Kier alpha value is -2.23. The summed E-state index contributed by atoms with van der Waals surface area (Å²) < 4.78 is 21.9. The Morgan fingerprint density at radius 3 is 2.41 bits per heavy atom. The normalized spacial score (nSPS) is 18.6. The van der Waals surface area contributed by atoms with Crippen molar-refractivity contribution >= 4 is 49.4 Å². The van der Waals surface area contributed by atoms with Crippen molar-refractivity contribution in [3.05, 3.63) is 29.8 Å². The lowest BCUT2D eigenvalue weighted by Crippen LogP contribution is -2.26. The Kier molecular flexibility index (Phi) is 7.11. The van der Waals surface area contributed by atoms with E-state index in [1.807, 2.05) is 0 Å². The monoisotopic (exact) mass is 413 g/mol. The van der Waals surface area contributed by atoms with Gasteiger partial charge in [0.15, 0.2) is 5.66 Å². The van der Waals surface area contributed by atoms with Crippen molar-refractivity contribution in [1.29, 1.82) is 0 Å². The van der Waals surface area contributed by atoms with Gasteiger partial charge in [0, 0.05) is 12.1 Å². The fourth-order valence-electron chi connectivity index (χ4n) is 2.74. The van der Waals surface area contributed by atoms with E-state index in [0.717, 1.165) is 18.4 Å². The van der Waals surface area contributed by atoms with Crippen LogP contribution in [0, 0.1) is 0 Å². The number of nitrogens with zero attached hydrogens (tertiary/aromatic N) is 2. The molecule has 0 saturated heterocycles. The topological polar surface area (TPSA) is 128 Å². The molecule has 8 nitrogen and oxygen atoms in total. The molecule has 0 aliphatic carbocycles. The molecular formula is C17H20ClN3O5S. The minimum Gasteiger partial charge on any atom is -0.476 e. The molecular weight excluding hydrogens is 394 g/mol. The molecule has 3 N–H and O–H groups in total. The fourth-order valence-corrected chi connectivity index (χ4v) is 3.34. The number of aliphatic imine (C=N–C) groups is 2. The van der Waals surface area contributed by atoms with E-state index >= 15 is 0 Å². The maximum absolute atomic E-state index is 10.9. The van der Waals surface area contributed by atoms with Crippen LogP contribution in [-0.2, 0) is 21.5 Å². The number of rotatable bonds is 7. The third-order valence-corrected chi connectivity index (χ3v) is 4.94. The first-order valence-corrected chi connectivity index (χ1v) is 9.76. The van der Waals surface area contributed by atoms with E-state index < -0.39 is 26.9 Å². The van der Waals surface area contributed by atoms with Gasteiger partial charge in [-0.05, 0) is 30.5 Å². The third kappa shape index (κ3) is 5.38. The molecule has 1 aromatic carbocycles. The van der Waals surface area contributed by atoms with Crippen molar-refractivity contribution in [3.8, 4) is 0 Å². The van der Waals surface area contributed by atoms with Gasteiger partial charge in [-0.3, -0.25) is 4.99 Å². The highest BCUT2D eigenvalue weighted by Gasteiger charge is 2.35. The van der Waals surface area contributed by atoms with Gasteiger partial charge in [0.25, 0.3) is 0 Å². The Morgan fingerprint density at radius 2 is 1.93 bits per heavy atom. The van der Waals surface area contributed by atoms with Crippen molar-refractivity contribution < 1.29 is 23.4 Å². The van der Waals surface area contributed by atoms with Gasteiger partial charge in [-0.1, -0.05) is 37.1 Å². The zero-order valence-electron chi connectivity index (χ0n) is 14.6. The van der Waals surface area contributed by atoms with Crippen LogP contribution in [0.15, 0.2) is 34.3 Å². The summed E-state index contributed by atoms with van der Waals surface area (Å²) in [6.45, 7) is 1.78. The molecule has 0 radical (unpaired) electrons. The van der Waals surface area contributed by atoms with E-state index in [2.05, 4.69) is 22.2 Å². The van der Waals surface area contributed by atoms with Crippen molar-refractivity contribution in [2.45, 2.75) is 38.3 Å². The van der Waals surface area contributed by atoms with Crippen LogP contribution in [0.3, 0.4) is 0 Å². The Labute approximate surface area is 163 Å². The number of carboxylic acid groups (broad SMARTS) is 1. The van der Waals surface area contributed by atoms with E-state index in [0.29, 0.717) is 24.2 Å². The van der Waals surface area contributed by atoms with Crippen LogP contribution in [0.25, 0.3) is 0 Å². The van der Waals surface area contributed by atoms with Gasteiger partial charge in [0.1, 0.15) is 10.9 Å².